The molecule has 0 aliphatic heterocycles. The van der Waals surface area contributed by atoms with E-state index in [9.17, 15) is 58.8 Å². The van der Waals surface area contributed by atoms with E-state index in [1.807, 2.05) is 0 Å². The van der Waals surface area contributed by atoms with Gasteiger partial charge in [0.1, 0.15) is 0 Å². The minimum absolute atomic E-state index is 0. The predicted octanol–water partition coefficient (Wildman–Crippen LogP) is -7.38. The molecule has 20 heteroatoms. The molecule has 2 atom stereocenters. The molecule has 0 fully saturated rings. The number of unbranched alkanes of at least 4 members (excludes halogenated alkanes) is 26. The van der Waals surface area contributed by atoms with E-state index in [0.29, 0.717) is 12.8 Å². The van der Waals surface area contributed by atoms with Crippen LogP contribution in [0.15, 0.2) is 0 Å². The smallest absolute Gasteiger partial charge is 0.548 e. The van der Waals surface area contributed by atoms with Gasteiger partial charge in [-0.05, 0) is 25.7 Å². The van der Waals surface area contributed by atoms with Crippen LogP contribution in [-0.4, -0.2) is 119 Å². The van der Waals surface area contributed by atoms with Gasteiger partial charge in [0.15, 0.2) is 0 Å². The van der Waals surface area contributed by atoms with Gasteiger partial charge in [0, 0.05) is 52.9 Å². The van der Waals surface area contributed by atoms with Gasteiger partial charge in [0.05, 0.1) is 49.1 Å². The summed E-state index contributed by atoms with van der Waals surface area (Å²) in [4.78, 5) is 103. The molecule has 72 heavy (non-hydrogen) atoms. The molecular weight excluding hydrogens is 1030 g/mol. The van der Waals surface area contributed by atoms with Gasteiger partial charge in [-0.2, -0.15) is 0 Å². The topological polar surface area (TPSA) is 242 Å². The molecule has 0 saturated heterocycles. The zero-order valence-corrected chi connectivity index (χ0v) is 59.2. The first kappa shape index (κ1) is 83.1. The van der Waals surface area contributed by atoms with Crippen LogP contribution in [-0.2, 0) is 38.4 Å². The van der Waals surface area contributed by atoms with Crippen molar-refractivity contribution in [2.24, 2.45) is 0 Å². The minimum Gasteiger partial charge on any atom is -0.548 e. The maximum Gasteiger partial charge on any atom is 1.00 e. The quantitative estimate of drug-likeness (QED) is 0.0408. The number of carbonyl (C=O) groups excluding carboxylic acids is 8. The minimum atomic E-state index is -1.67. The Hall–Kier alpha value is 2.31. The van der Waals surface area contributed by atoms with E-state index >= 15 is 0 Å². The Labute approximate surface area is 605 Å². The third-order valence-corrected chi connectivity index (χ3v) is 13.0. The van der Waals surface area contributed by atoms with Crippen LogP contribution in [0.3, 0.4) is 0 Å². The van der Waals surface area contributed by atoms with Crippen molar-refractivity contribution in [1.29, 1.82) is 0 Å². The molecule has 2 unspecified atom stereocenters. The molecule has 0 radical (unpaired) electrons. The van der Waals surface area contributed by atoms with E-state index in [2.05, 4.69) is 13.8 Å². The van der Waals surface area contributed by atoms with Crippen LogP contribution >= 0.6 is 0 Å². The summed E-state index contributed by atoms with van der Waals surface area (Å²) in [7, 11) is 2.61. The molecule has 16 nitrogen and oxygen atoms in total. The zero-order chi connectivity index (χ0) is 51.0. The van der Waals surface area contributed by atoms with Gasteiger partial charge in [-0.25, -0.2) is 0 Å². The second kappa shape index (κ2) is 56.6. The van der Waals surface area contributed by atoms with Crippen molar-refractivity contribution in [3.8, 4) is 0 Å². The second-order valence-electron chi connectivity index (χ2n) is 18.8. The summed E-state index contributed by atoms with van der Waals surface area (Å²) in [5.41, 5.74) is 0. The summed E-state index contributed by atoms with van der Waals surface area (Å²) in [5, 5.41) is 47.4. The van der Waals surface area contributed by atoms with Crippen molar-refractivity contribution < 1.29 is 264 Å². The van der Waals surface area contributed by atoms with Gasteiger partial charge < -0.3 is 59.2 Å². The largest absolute Gasteiger partial charge is 1.00 e. The number of likely N-dealkylation sites (N-methyl/N-ethyl adjacent to an activating group) is 2. The number of nitrogens with zero attached hydrogens (tertiary/aromatic N) is 4. The van der Waals surface area contributed by atoms with Crippen molar-refractivity contribution >= 4 is 47.5 Å². The zero-order valence-electron chi connectivity index (χ0n) is 46.7. The molecule has 0 aromatic rings. The Morgan fingerprint density at radius 2 is 0.556 bits per heavy atom. The summed E-state index contributed by atoms with van der Waals surface area (Å²) in [6.45, 7) is 1.50. The number of carboxylic acids is 4. The first-order valence-electron chi connectivity index (χ1n) is 26.4. The molecule has 0 rings (SSSR count). The fourth-order valence-electron chi connectivity index (χ4n) is 8.55. The Morgan fingerprint density at radius 3 is 0.764 bits per heavy atom. The molecule has 4 amide bonds. The van der Waals surface area contributed by atoms with Crippen LogP contribution in [0.25, 0.3) is 0 Å². The number of carbonyl (C=O) groups is 8. The molecule has 0 N–H and O–H groups in total. The van der Waals surface area contributed by atoms with Crippen molar-refractivity contribution in [2.75, 3.05) is 40.3 Å². The Bertz CT molecular complexity index is 1350. The van der Waals surface area contributed by atoms with E-state index in [0.717, 1.165) is 71.0 Å². The first-order valence-corrected chi connectivity index (χ1v) is 26.4. The Kier molecular flexibility index (Phi) is 65.3. The molecule has 0 bridgehead atoms. The maximum atomic E-state index is 13.2. The van der Waals surface area contributed by atoms with Crippen molar-refractivity contribution in [1.82, 2.24) is 19.6 Å². The summed E-state index contributed by atoms with van der Waals surface area (Å²) in [6, 6.07) is -2.97. The summed E-state index contributed by atoms with van der Waals surface area (Å²) in [6.07, 6.45) is 30.4. The number of carboxylic acid groups (broad SMARTS) is 4. The second-order valence-corrected chi connectivity index (χ2v) is 18.8. The van der Waals surface area contributed by atoms with Crippen LogP contribution in [0, 0.1) is 0 Å². The first-order chi connectivity index (χ1) is 32.6. The van der Waals surface area contributed by atoms with Crippen molar-refractivity contribution in [2.45, 2.75) is 244 Å². The van der Waals surface area contributed by atoms with Crippen LogP contribution in [0.2, 0.25) is 0 Å². The van der Waals surface area contributed by atoms with E-state index < -0.39 is 111 Å². The van der Waals surface area contributed by atoms with Crippen LogP contribution in [0.5, 0.6) is 0 Å². The van der Waals surface area contributed by atoms with Gasteiger partial charge in [-0.15, -0.1) is 0 Å². The summed E-state index contributed by atoms with van der Waals surface area (Å²) in [5.74, 6) is -9.12. The van der Waals surface area contributed by atoms with E-state index in [1.165, 1.54) is 130 Å². The average Bonchev–Trinajstić information content (AvgIpc) is 3.29. The van der Waals surface area contributed by atoms with Crippen LogP contribution < -0.4 is 226 Å². The predicted molar refractivity (Wildman–Crippen MR) is 255 cm³/mol. The third-order valence-electron chi connectivity index (χ3n) is 13.0. The van der Waals surface area contributed by atoms with Gasteiger partial charge in [-0.1, -0.05) is 181 Å². The molecule has 0 saturated carbocycles. The van der Waals surface area contributed by atoms with E-state index in [4.69, 9.17) is 0 Å². The molecule has 0 heterocycles. The summed E-state index contributed by atoms with van der Waals surface area (Å²) >= 11 is 0. The fourth-order valence-corrected chi connectivity index (χ4v) is 8.55. The van der Waals surface area contributed by atoms with Gasteiger partial charge >= 0.3 is 206 Å². The molecule has 0 aliphatic rings. The number of aliphatic carboxylic acids is 4. The van der Waals surface area contributed by atoms with Crippen molar-refractivity contribution in [3.63, 3.8) is 0 Å². The maximum absolute atomic E-state index is 13.2. The molecule has 0 aromatic carbocycles. The number of hydrogen-bond donors (Lipinski definition) is 0. The number of rotatable bonds is 47. The SMILES string of the molecule is CCCCCCCCCCCCCCCCC(=O)N(C)C(CCC(=O)N(CCN(CC(=O)[O-])C(=O)CCC(C(=O)[O-])N(C)C(=O)CCCCCCCCCCCCCCCC)CC(=O)[O-])C(=O)[O-].[K+].[K+].[K+].[K+]. The van der Waals surface area contributed by atoms with Gasteiger partial charge in [-0.3, -0.25) is 19.2 Å². The Balaban J connectivity index is -0.00000374. The molecule has 394 valence electrons. The van der Waals surface area contributed by atoms with E-state index in [-0.39, 0.29) is 218 Å². The number of amides is 4. The fraction of sp³-hybridized carbons (Fsp3) is 0.846. The Morgan fingerprint density at radius 1 is 0.333 bits per heavy atom. The number of hydrogen-bond acceptors (Lipinski definition) is 12. The van der Waals surface area contributed by atoms with Gasteiger partial charge in [0.2, 0.25) is 23.6 Å². The van der Waals surface area contributed by atoms with Crippen LogP contribution in [0.1, 0.15) is 232 Å². The normalized spacial score (nSPS) is 11.3. The molecule has 0 aromatic heterocycles. The standard InChI is InChI=1S/C52H94N4O12.4K/c1-5-7-9-11-13-15-17-19-21-23-25-27-29-31-33-45(57)53(3)43(51(65)66)35-37-47(59)55(41-49(61)62)39-40-56(42-50(63)64)48(60)38-36-44(52(67)68)54(4)46(58)34-32-30-28-26-24-22-20-18-16-14-12-10-8-6-2;;;;/h43-44H,5-42H2,1-4H3,(H,61,62)(H,63,64)(H,65,66)(H,67,68);;;;/q;4*+1/p-4. The average molecular weight is 1120 g/mol. The third kappa shape index (κ3) is 46.1. The molecule has 0 aliphatic carbocycles. The molecular formula is C52H90K4N4O12. The van der Waals surface area contributed by atoms with Gasteiger partial charge in [0.25, 0.3) is 0 Å². The molecule has 0 spiro atoms. The van der Waals surface area contributed by atoms with Crippen molar-refractivity contribution in [3.05, 3.63) is 0 Å². The van der Waals surface area contributed by atoms with Crippen LogP contribution in [0.4, 0.5) is 0 Å². The van der Waals surface area contributed by atoms with E-state index in [1.54, 1.807) is 0 Å². The monoisotopic (exact) mass is 1120 g/mol. The summed E-state index contributed by atoms with van der Waals surface area (Å²) < 4.78 is 0.